The van der Waals surface area contributed by atoms with Crippen LogP contribution in [0.3, 0.4) is 0 Å². The molecule has 3 rings (SSSR count). The van der Waals surface area contributed by atoms with E-state index in [2.05, 4.69) is 32.8 Å². The van der Waals surface area contributed by atoms with Gasteiger partial charge in [-0.2, -0.15) is 5.10 Å². The molecule has 6 heteroatoms. The summed E-state index contributed by atoms with van der Waals surface area (Å²) in [4.78, 5) is 0. The maximum absolute atomic E-state index is 6.14. The lowest BCUT2D eigenvalue weighted by molar-refractivity contribution is -0.00843. The second-order valence-electron chi connectivity index (χ2n) is 7.13. The highest BCUT2D eigenvalue weighted by Gasteiger charge is 2.53. The van der Waals surface area contributed by atoms with Crippen LogP contribution >= 0.6 is 0 Å². The van der Waals surface area contributed by atoms with Crippen molar-refractivity contribution in [2.24, 2.45) is 7.05 Å². The molecule has 0 bridgehead atoms. The summed E-state index contributed by atoms with van der Waals surface area (Å²) < 4.78 is 20.0. The molecule has 2 aliphatic rings. The molecule has 0 spiro atoms. The van der Waals surface area contributed by atoms with Gasteiger partial charge in [-0.05, 0) is 47.0 Å². The van der Waals surface area contributed by atoms with Crippen molar-refractivity contribution in [2.75, 3.05) is 0 Å². The zero-order valence-electron chi connectivity index (χ0n) is 13.7. The molecule has 0 radical (unpaired) electrons. The summed E-state index contributed by atoms with van der Waals surface area (Å²) in [5, 5.41) is 4.36. The predicted octanol–water partition coefficient (Wildman–Crippen LogP) is 1.79. The fraction of sp³-hybridized carbons (Fsp3) is 0.800. The smallest absolute Gasteiger partial charge is 0.398 e. The van der Waals surface area contributed by atoms with Crippen LogP contribution in [-0.4, -0.2) is 34.2 Å². The van der Waals surface area contributed by atoms with Gasteiger partial charge >= 0.3 is 7.12 Å². The third-order valence-corrected chi connectivity index (χ3v) is 5.07. The minimum atomic E-state index is -0.387. The van der Waals surface area contributed by atoms with Gasteiger partial charge in [0.05, 0.1) is 35.7 Å². The zero-order chi connectivity index (χ0) is 15.3. The second-order valence-corrected chi connectivity index (χ2v) is 7.13. The van der Waals surface area contributed by atoms with Gasteiger partial charge in [0.15, 0.2) is 0 Å². The molecule has 1 aromatic rings. The minimum Gasteiger partial charge on any atom is -0.398 e. The first-order valence-electron chi connectivity index (χ1n) is 7.78. The van der Waals surface area contributed by atoms with E-state index in [1.165, 1.54) is 19.3 Å². The Balaban J connectivity index is 1.77. The molecular formula is C15H25BN2O3. The zero-order valence-corrected chi connectivity index (χ0v) is 13.7. The van der Waals surface area contributed by atoms with Gasteiger partial charge in [-0.15, -0.1) is 0 Å². The van der Waals surface area contributed by atoms with Crippen LogP contribution in [0.1, 0.15) is 52.5 Å². The maximum Gasteiger partial charge on any atom is 0.514 e. The Labute approximate surface area is 127 Å². The first-order chi connectivity index (χ1) is 9.80. The van der Waals surface area contributed by atoms with Crippen LogP contribution in [0.15, 0.2) is 6.20 Å². The third kappa shape index (κ3) is 2.65. The third-order valence-electron chi connectivity index (χ3n) is 5.07. The average molecular weight is 292 g/mol. The van der Waals surface area contributed by atoms with Gasteiger partial charge in [0.2, 0.25) is 0 Å². The highest BCUT2D eigenvalue weighted by molar-refractivity contribution is 6.61. The van der Waals surface area contributed by atoms with Crippen molar-refractivity contribution >= 4 is 12.7 Å². The fourth-order valence-electron chi connectivity index (χ4n) is 2.61. The van der Waals surface area contributed by atoms with Gasteiger partial charge in [0.1, 0.15) is 0 Å². The van der Waals surface area contributed by atoms with E-state index >= 15 is 0 Å². The van der Waals surface area contributed by atoms with E-state index in [4.69, 9.17) is 14.0 Å². The molecule has 0 atom stereocenters. The van der Waals surface area contributed by atoms with Crippen molar-refractivity contribution in [1.29, 1.82) is 0 Å². The molecule has 1 aromatic heterocycles. The second kappa shape index (κ2) is 5.11. The van der Waals surface area contributed by atoms with Crippen molar-refractivity contribution in [2.45, 2.75) is 70.9 Å². The summed E-state index contributed by atoms with van der Waals surface area (Å²) in [5.41, 5.74) is 1.35. The molecule has 116 valence electrons. The number of hydrogen-bond acceptors (Lipinski definition) is 4. The molecule has 21 heavy (non-hydrogen) atoms. The number of aryl methyl sites for hydroxylation is 1. The van der Waals surface area contributed by atoms with Crippen LogP contribution in [0.5, 0.6) is 0 Å². The van der Waals surface area contributed by atoms with E-state index in [0.717, 1.165) is 11.2 Å². The molecule has 1 saturated heterocycles. The Morgan fingerprint density at radius 3 is 2.43 bits per heavy atom. The molecule has 1 aliphatic heterocycles. The van der Waals surface area contributed by atoms with E-state index < -0.39 is 0 Å². The highest BCUT2D eigenvalue weighted by atomic mass is 16.7. The number of nitrogens with zero attached hydrogens (tertiary/aromatic N) is 2. The molecular weight excluding hydrogens is 267 g/mol. The predicted molar refractivity (Wildman–Crippen MR) is 81.4 cm³/mol. The monoisotopic (exact) mass is 292 g/mol. The van der Waals surface area contributed by atoms with E-state index in [-0.39, 0.29) is 18.3 Å². The normalized spacial score (nSPS) is 24.3. The first-order valence-corrected chi connectivity index (χ1v) is 7.78. The Hall–Kier alpha value is -0.845. The van der Waals surface area contributed by atoms with E-state index in [1.54, 1.807) is 0 Å². The average Bonchev–Trinajstić information content (AvgIpc) is 2.75. The number of aromatic nitrogens is 2. The molecule has 1 saturated carbocycles. The van der Waals surface area contributed by atoms with Gasteiger partial charge < -0.3 is 14.0 Å². The van der Waals surface area contributed by atoms with Crippen molar-refractivity contribution in [3.63, 3.8) is 0 Å². The largest absolute Gasteiger partial charge is 0.514 e. The number of hydrogen-bond donors (Lipinski definition) is 0. The van der Waals surface area contributed by atoms with Gasteiger partial charge in [0, 0.05) is 12.6 Å². The van der Waals surface area contributed by atoms with Crippen LogP contribution in [-0.2, 0) is 27.7 Å². The molecule has 0 N–H and O–H groups in total. The maximum atomic E-state index is 6.14. The topological polar surface area (TPSA) is 45.5 Å². The van der Waals surface area contributed by atoms with E-state index in [0.29, 0.717) is 12.7 Å². The molecule has 2 heterocycles. The lowest BCUT2D eigenvalue weighted by atomic mass is 9.81. The Bertz CT molecular complexity index is 507. The van der Waals surface area contributed by atoms with Crippen molar-refractivity contribution < 1.29 is 14.0 Å². The lowest BCUT2D eigenvalue weighted by Gasteiger charge is -2.32. The quantitative estimate of drug-likeness (QED) is 0.794. The minimum absolute atomic E-state index is 0.339. The van der Waals surface area contributed by atoms with Crippen LogP contribution in [0.4, 0.5) is 0 Å². The van der Waals surface area contributed by atoms with Crippen molar-refractivity contribution in [3.05, 3.63) is 11.8 Å². The molecule has 0 unspecified atom stereocenters. The summed E-state index contributed by atoms with van der Waals surface area (Å²) in [5.74, 6) is 0. The SMILES string of the molecule is Cn1ncc(COC2CCC2)c1B1OC(C)(C)C(C)(C)O1. The summed E-state index contributed by atoms with van der Waals surface area (Å²) in [6.45, 7) is 8.83. The summed E-state index contributed by atoms with van der Waals surface area (Å²) in [7, 11) is 1.54. The van der Waals surface area contributed by atoms with Crippen LogP contribution in [0.25, 0.3) is 0 Å². The molecule has 0 amide bonds. The summed E-state index contributed by atoms with van der Waals surface area (Å²) >= 11 is 0. The van der Waals surface area contributed by atoms with Gasteiger partial charge in [-0.25, -0.2) is 0 Å². The Morgan fingerprint density at radius 1 is 1.29 bits per heavy atom. The van der Waals surface area contributed by atoms with Crippen LogP contribution in [0.2, 0.25) is 0 Å². The lowest BCUT2D eigenvalue weighted by Crippen LogP contribution is -2.41. The summed E-state index contributed by atoms with van der Waals surface area (Å²) in [6, 6.07) is 0. The Kier molecular flexibility index (Phi) is 3.67. The van der Waals surface area contributed by atoms with Crippen LogP contribution in [0, 0.1) is 0 Å². The van der Waals surface area contributed by atoms with Crippen LogP contribution < -0.4 is 5.59 Å². The first kappa shape index (κ1) is 15.1. The molecule has 1 aliphatic carbocycles. The van der Waals surface area contributed by atoms with E-state index in [1.807, 2.05) is 17.9 Å². The van der Waals surface area contributed by atoms with Gasteiger partial charge in [-0.3, -0.25) is 4.68 Å². The van der Waals surface area contributed by atoms with E-state index in [9.17, 15) is 0 Å². The molecule has 2 fully saturated rings. The fourth-order valence-corrected chi connectivity index (χ4v) is 2.61. The van der Waals surface area contributed by atoms with Crippen molar-refractivity contribution in [3.8, 4) is 0 Å². The Morgan fingerprint density at radius 2 is 1.90 bits per heavy atom. The van der Waals surface area contributed by atoms with Gasteiger partial charge in [0.25, 0.3) is 0 Å². The number of ether oxygens (including phenoxy) is 1. The van der Waals surface area contributed by atoms with Gasteiger partial charge in [-0.1, -0.05) is 0 Å². The number of rotatable bonds is 4. The molecule has 5 nitrogen and oxygen atoms in total. The highest BCUT2D eigenvalue weighted by Crippen LogP contribution is 2.36. The van der Waals surface area contributed by atoms with Crippen molar-refractivity contribution in [1.82, 2.24) is 9.78 Å². The standard InChI is InChI=1S/C15H25BN2O3/c1-14(2)15(3,4)21-16(20-14)13-11(9-17-18(13)5)10-19-12-7-6-8-12/h9,12H,6-8,10H2,1-5H3. The molecule has 0 aromatic carbocycles. The summed E-state index contributed by atoms with van der Waals surface area (Å²) in [6.07, 6.45) is 5.90.